The van der Waals surface area contributed by atoms with Crippen LogP contribution >= 0.6 is 11.3 Å². The van der Waals surface area contributed by atoms with E-state index in [0.717, 1.165) is 29.5 Å². The molecular weight excluding hydrogens is 324 g/mol. The van der Waals surface area contributed by atoms with Crippen molar-refractivity contribution in [2.75, 3.05) is 19.7 Å². The second-order valence-corrected chi connectivity index (χ2v) is 7.93. The molecule has 0 spiro atoms. The summed E-state index contributed by atoms with van der Waals surface area (Å²) in [7, 11) is 0. The number of hydrogen-bond donors (Lipinski definition) is 1. The Morgan fingerprint density at radius 2 is 2.38 bits per heavy atom. The van der Waals surface area contributed by atoms with Crippen LogP contribution in [0.2, 0.25) is 0 Å². The minimum Gasteiger partial charge on any atom is -0.366 e. The fourth-order valence-electron chi connectivity index (χ4n) is 3.46. The number of amides is 1. The summed E-state index contributed by atoms with van der Waals surface area (Å²) in [5, 5.41) is 7.01. The van der Waals surface area contributed by atoms with Crippen LogP contribution in [0.1, 0.15) is 51.2 Å². The lowest BCUT2D eigenvalue weighted by atomic mass is 9.90. The summed E-state index contributed by atoms with van der Waals surface area (Å²) in [6.07, 6.45) is 3.19. The molecule has 1 aliphatic heterocycles. The molecule has 0 radical (unpaired) electrons. The molecule has 2 aromatic rings. The van der Waals surface area contributed by atoms with Gasteiger partial charge in [0.15, 0.2) is 5.82 Å². The Labute approximate surface area is 145 Å². The number of thiophene rings is 1. The van der Waals surface area contributed by atoms with Gasteiger partial charge in [0.25, 0.3) is 5.91 Å². The molecule has 1 saturated heterocycles. The number of carbonyl (C=O) groups excluding carboxylic acids is 1. The van der Waals surface area contributed by atoms with E-state index in [9.17, 15) is 4.79 Å². The van der Waals surface area contributed by atoms with Gasteiger partial charge in [-0.2, -0.15) is 5.10 Å². The Morgan fingerprint density at radius 3 is 3.17 bits per heavy atom. The van der Waals surface area contributed by atoms with E-state index in [1.807, 2.05) is 11.8 Å². The number of aromatic amines is 1. The van der Waals surface area contributed by atoms with Crippen molar-refractivity contribution >= 4 is 17.2 Å². The van der Waals surface area contributed by atoms with Gasteiger partial charge in [0, 0.05) is 11.4 Å². The van der Waals surface area contributed by atoms with Crippen LogP contribution in [0.4, 0.5) is 0 Å². The molecule has 24 heavy (non-hydrogen) atoms. The smallest absolute Gasteiger partial charge is 0.264 e. The highest BCUT2D eigenvalue weighted by atomic mass is 32.1. The summed E-state index contributed by atoms with van der Waals surface area (Å²) in [4.78, 5) is 21.4. The van der Waals surface area contributed by atoms with Gasteiger partial charge in [-0.25, -0.2) is 4.98 Å². The maximum Gasteiger partial charge on any atom is 0.264 e. The average Bonchev–Trinajstić information content (AvgIpc) is 3.20. The predicted molar refractivity (Wildman–Crippen MR) is 91.2 cm³/mol. The highest BCUT2D eigenvalue weighted by Crippen LogP contribution is 2.33. The molecule has 0 aromatic carbocycles. The van der Waals surface area contributed by atoms with Crippen LogP contribution in [-0.2, 0) is 17.6 Å². The second-order valence-electron chi connectivity index (χ2n) is 6.80. The maximum atomic E-state index is 12.9. The molecule has 1 fully saturated rings. The molecule has 4 rings (SSSR count). The zero-order chi connectivity index (χ0) is 16.7. The molecule has 7 heteroatoms. The normalized spacial score (nSPS) is 24.0. The fourth-order valence-corrected chi connectivity index (χ4v) is 4.64. The number of ether oxygens (including phenoxy) is 1. The Bertz CT molecular complexity index is 754. The quantitative estimate of drug-likeness (QED) is 0.907. The van der Waals surface area contributed by atoms with E-state index < -0.39 is 0 Å². The molecule has 0 bridgehead atoms. The predicted octanol–water partition coefficient (Wildman–Crippen LogP) is 2.51. The minimum atomic E-state index is -0.248. The van der Waals surface area contributed by atoms with Crippen molar-refractivity contribution in [2.45, 2.75) is 39.2 Å². The van der Waals surface area contributed by atoms with Gasteiger partial charge in [-0.1, -0.05) is 6.92 Å². The standard InChI is InChI=1S/C17H22N4O2S/c1-10-3-4-14-12(7-10)8-15(24-14)17(22)21-5-6-23-13(9-21)16-18-11(2)19-20-16/h8,10,13H,3-7,9H2,1-2H3,(H,18,19,20)/t10-,13-/m0/s1. The first kappa shape index (κ1) is 15.8. The molecule has 1 N–H and O–H groups in total. The number of nitrogens with zero attached hydrogens (tertiary/aromatic N) is 3. The summed E-state index contributed by atoms with van der Waals surface area (Å²) >= 11 is 1.67. The van der Waals surface area contributed by atoms with E-state index in [1.165, 1.54) is 16.9 Å². The van der Waals surface area contributed by atoms with Gasteiger partial charge in [-0.3, -0.25) is 9.89 Å². The zero-order valence-electron chi connectivity index (χ0n) is 14.0. The third-order valence-electron chi connectivity index (χ3n) is 4.80. The zero-order valence-corrected chi connectivity index (χ0v) is 14.9. The number of hydrogen-bond acceptors (Lipinski definition) is 5. The van der Waals surface area contributed by atoms with Crippen LogP contribution in [0, 0.1) is 12.8 Å². The van der Waals surface area contributed by atoms with E-state index in [-0.39, 0.29) is 12.0 Å². The molecule has 3 heterocycles. The van der Waals surface area contributed by atoms with Gasteiger partial charge >= 0.3 is 0 Å². The van der Waals surface area contributed by atoms with Crippen LogP contribution in [0.15, 0.2) is 6.07 Å². The van der Waals surface area contributed by atoms with Crippen LogP contribution in [0.3, 0.4) is 0 Å². The van der Waals surface area contributed by atoms with Gasteiger partial charge in [-0.15, -0.1) is 11.3 Å². The number of nitrogens with one attached hydrogen (secondary N) is 1. The average molecular weight is 346 g/mol. The molecule has 2 aliphatic rings. The van der Waals surface area contributed by atoms with E-state index in [2.05, 4.69) is 28.2 Å². The van der Waals surface area contributed by atoms with Gasteiger partial charge in [-0.05, 0) is 43.7 Å². The van der Waals surface area contributed by atoms with E-state index >= 15 is 0 Å². The number of fused-ring (bicyclic) bond motifs is 1. The third-order valence-corrected chi connectivity index (χ3v) is 6.02. The Hall–Kier alpha value is -1.73. The first-order chi connectivity index (χ1) is 11.6. The number of H-pyrrole nitrogens is 1. The summed E-state index contributed by atoms with van der Waals surface area (Å²) in [6, 6.07) is 2.11. The molecule has 1 aliphatic carbocycles. The molecule has 2 atom stereocenters. The summed E-state index contributed by atoms with van der Waals surface area (Å²) < 4.78 is 5.75. The SMILES string of the molecule is Cc1nc([C@@H]2CN(C(=O)c3cc4c(s3)CC[C@H](C)C4)CCO2)n[nH]1. The van der Waals surface area contributed by atoms with Gasteiger partial charge in [0.1, 0.15) is 11.9 Å². The largest absolute Gasteiger partial charge is 0.366 e. The van der Waals surface area contributed by atoms with Crippen molar-refractivity contribution in [3.63, 3.8) is 0 Å². The molecule has 0 unspecified atom stereocenters. The second kappa shape index (κ2) is 6.29. The van der Waals surface area contributed by atoms with Crippen molar-refractivity contribution in [3.8, 4) is 0 Å². The van der Waals surface area contributed by atoms with Crippen LogP contribution < -0.4 is 0 Å². The Balaban J connectivity index is 1.50. The molecule has 6 nitrogen and oxygen atoms in total. The molecule has 1 amide bonds. The lowest BCUT2D eigenvalue weighted by Crippen LogP contribution is -2.42. The van der Waals surface area contributed by atoms with Crippen molar-refractivity contribution in [1.29, 1.82) is 0 Å². The summed E-state index contributed by atoms with van der Waals surface area (Å²) in [5.41, 5.74) is 1.37. The number of morpholine rings is 1. The van der Waals surface area contributed by atoms with E-state index in [4.69, 9.17) is 4.74 Å². The van der Waals surface area contributed by atoms with Gasteiger partial charge < -0.3 is 9.64 Å². The molecule has 0 saturated carbocycles. The third kappa shape index (κ3) is 2.98. The number of aromatic nitrogens is 3. The first-order valence-corrected chi connectivity index (χ1v) is 9.33. The Morgan fingerprint density at radius 1 is 1.50 bits per heavy atom. The Kier molecular flexibility index (Phi) is 4.14. The first-order valence-electron chi connectivity index (χ1n) is 8.51. The molecule has 2 aromatic heterocycles. The molecular formula is C17H22N4O2S. The lowest BCUT2D eigenvalue weighted by Gasteiger charge is -2.31. The van der Waals surface area contributed by atoms with Crippen LogP contribution in [-0.4, -0.2) is 45.7 Å². The lowest BCUT2D eigenvalue weighted by molar-refractivity contribution is -0.0265. The summed E-state index contributed by atoms with van der Waals surface area (Å²) in [6.45, 7) is 5.80. The van der Waals surface area contributed by atoms with Gasteiger partial charge in [0.2, 0.25) is 0 Å². The topological polar surface area (TPSA) is 71.1 Å². The monoisotopic (exact) mass is 346 g/mol. The van der Waals surface area contributed by atoms with Crippen molar-refractivity contribution in [3.05, 3.63) is 33.0 Å². The molecule has 128 valence electrons. The van der Waals surface area contributed by atoms with Crippen molar-refractivity contribution in [2.24, 2.45) is 5.92 Å². The van der Waals surface area contributed by atoms with Crippen molar-refractivity contribution < 1.29 is 9.53 Å². The minimum absolute atomic E-state index is 0.114. The van der Waals surface area contributed by atoms with Crippen LogP contribution in [0.25, 0.3) is 0 Å². The number of rotatable bonds is 2. The number of carbonyl (C=O) groups is 1. The van der Waals surface area contributed by atoms with Crippen LogP contribution in [0.5, 0.6) is 0 Å². The van der Waals surface area contributed by atoms with E-state index in [1.54, 1.807) is 11.3 Å². The van der Waals surface area contributed by atoms with Crippen molar-refractivity contribution in [1.82, 2.24) is 20.1 Å². The van der Waals surface area contributed by atoms with E-state index in [0.29, 0.717) is 25.5 Å². The highest BCUT2D eigenvalue weighted by molar-refractivity contribution is 7.14. The highest BCUT2D eigenvalue weighted by Gasteiger charge is 2.30. The fraction of sp³-hybridized carbons (Fsp3) is 0.588. The van der Waals surface area contributed by atoms with Gasteiger partial charge in [0.05, 0.1) is 18.0 Å². The number of aryl methyl sites for hydroxylation is 2. The summed E-state index contributed by atoms with van der Waals surface area (Å²) in [5.74, 6) is 2.22. The maximum absolute atomic E-state index is 12.9.